The fraction of sp³-hybridized carbons (Fsp3) is 0.526. The van der Waals surface area contributed by atoms with Crippen molar-refractivity contribution in [1.82, 2.24) is 5.32 Å². The van der Waals surface area contributed by atoms with Crippen LogP contribution in [-0.2, 0) is 14.3 Å². The van der Waals surface area contributed by atoms with Gasteiger partial charge >= 0.3 is 6.09 Å². The summed E-state index contributed by atoms with van der Waals surface area (Å²) in [6, 6.07) is 4.44. The number of primary amides is 1. The highest BCUT2D eigenvalue weighted by molar-refractivity contribution is 5.90. The van der Waals surface area contributed by atoms with Crippen molar-refractivity contribution in [3.05, 3.63) is 24.0 Å². The smallest absolute Gasteiger partial charge is 0.414 e. The van der Waals surface area contributed by atoms with Gasteiger partial charge in [-0.05, 0) is 31.0 Å². The molecular weight excluding hydrogens is 386 g/mol. The van der Waals surface area contributed by atoms with Gasteiger partial charge in [-0.25, -0.2) is 13.6 Å². The summed E-state index contributed by atoms with van der Waals surface area (Å²) in [5.74, 6) is -2.15. The maximum absolute atomic E-state index is 14.7. The van der Waals surface area contributed by atoms with Crippen molar-refractivity contribution in [2.75, 3.05) is 36.0 Å². The Hall–Kier alpha value is -2.91. The molecule has 3 amide bonds. The van der Waals surface area contributed by atoms with Crippen LogP contribution in [-0.4, -0.2) is 56.4 Å². The molecule has 8 nitrogen and oxygen atoms in total. The number of hydrogen-bond donors (Lipinski definition) is 2. The van der Waals surface area contributed by atoms with Crippen molar-refractivity contribution < 1.29 is 27.9 Å². The molecule has 10 heteroatoms. The molecule has 2 aliphatic rings. The van der Waals surface area contributed by atoms with Crippen LogP contribution in [0.1, 0.15) is 19.8 Å². The maximum atomic E-state index is 14.7. The van der Waals surface area contributed by atoms with Gasteiger partial charge in [0, 0.05) is 25.9 Å². The van der Waals surface area contributed by atoms with Crippen molar-refractivity contribution in [3.63, 3.8) is 0 Å². The molecule has 0 aromatic heterocycles. The minimum absolute atomic E-state index is 0.188. The Morgan fingerprint density at radius 1 is 1.34 bits per heavy atom. The zero-order chi connectivity index (χ0) is 21.1. The molecule has 0 spiro atoms. The third-order valence-corrected chi connectivity index (χ3v) is 5.26. The first-order valence-corrected chi connectivity index (χ1v) is 9.46. The standard InChI is InChI=1S/C19H24F2N4O4/c1-11(26)23-9-14-10-25(19(28)29-14)13-2-3-16(15(20)8-13)24-6-4-12(5-7-24)17(21)18(22)27/h2-3,8,12,14,17H,4-7,9-10H2,1H3,(H2,22,27)(H,23,26)/t14-,17-/m0/s1. The Balaban J connectivity index is 1.63. The van der Waals surface area contributed by atoms with Gasteiger partial charge in [-0.2, -0.15) is 0 Å². The average molecular weight is 410 g/mol. The molecule has 29 heavy (non-hydrogen) atoms. The molecule has 158 valence electrons. The quantitative estimate of drug-likeness (QED) is 0.736. The first-order valence-electron chi connectivity index (χ1n) is 9.46. The lowest BCUT2D eigenvalue weighted by Gasteiger charge is -2.34. The molecule has 2 saturated heterocycles. The van der Waals surface area contributed by atoms with Gasteiger partial charge in [0.15, 0.2) is 6.17 Å². The third kappa shape index (κ3) is 4.75. The van der Waals surface area contributed by atoms with E-state index in [9.17, 15) is 23.2 Å². The van der Waals surface area contributed by atoms with Crippen LogP contribution in [0.25, 0.3) is 0 Å². The summed E-state index contributed by atoms with van der Waals surface area (Å²) in [4.78, 5) is 37.2. The van der Waals surface area contributed by atoms with Gasteiger partial charge in [0.25, 0.3) is 5.91 Å². The van der Waals surface area contributed by atoms with E-state index in [1.54, 1.807) is 17.0 Å². The number of carbonyl (C=O) groups is 3. The lowest BCUT2D eigenvalue weighted by Crippen LogP contribution is -2.41. The summed E-state index contributed by atoms with van der Waals surface area (Å²) < 4.78 is 33.7. The van der Waals surface area contributed by atoms with E-state index >= 15 is 0 Å². The van der Waals surface area contributed by atoms with Crippen molar-refractivity contribution >= 4 is 29.3 Å². The van der Waals surface area contributed by atoms with Crippen molar-refractivity contribution in [1.29, 1.82) is 0 Å². The molecule has 0 bridgehead atoms. The van der Waals surface area contributed by atoms with Gasteiger partial charge in [0.05, 0.1) is 24.5 Å². The SMILES string of the molecule is CC(=O)NC[C@H]1CN(c2ccc(N3CCC([C@H](F)C(N)=O)CC3)c(F)c2)C(=O)O1. The van der Waals surface area contributed by atoms with Crippen LogP contribution in [0.15, 0.2) is 18.2 Å². The Morgan fingerprint density at radius 3 is 2.62 bits per heavy atom. The second-order valence-electron chi connectivity index (χ2n) is 7.32. The molecule has 2 atom stereocenters. The van der Waals surface area contributed by atoms with E-state index in [0.29, 0.717) is 37.3 Å². The van der Waals surface area contributed by atoms with E-state index in [-0.39, 0.29) is 19.0 Å². The molecular formula is C19H24F2N4O4. The number of rotatable bonds is 6. The van der Waals surface area contributed by atoms with E-state index in [1.807, 2.05) is 0 Å². The van der Waals surface area contributed by atoms with Crippen LogP contribution in [0, 0.1) is 11.7 Å². The van der Waals surface area contributed by atoms with Gasteiger partial charge in [0.1, 0.15) is 11.9 Å². The number of nitrogens with one attached hydrogen (secondary N) is 1. The predicted molar refractivity (Wildman–Crippen MR) is 102 cm³/mol. The number of amides is 3. The summed E-state index contributed by atoms with van der Waals surface area (Å²) in [5, 5.41) is 2.58. The minimum atomic E-state index is -1.68. The third-order valence-electron chi connectivity index (χ3n) is 5.26. The van der Waals surface area contributed by atoms with Crippen LogP contribution in [0.2, 0.25) is 0 Å². The fourth-order valence-electron chi connectivity index (χ4n) is 3.68. The molecule has 1 aromatic rings. The Kier molecular flexibility index (Phi) is 6.19. The number of nitrogens with two attached hydrogens (primary N) is 1. The van der Waals surface area contributed by atoms with Gasteiger partial charge < -0.3 is 20.7 Å². The zero-order valence-corrected chi connectivity index (χ0v) is 16.1. The van der Waals surface area contributed by atoms with Crippen LogP contribution in [0.4, 0.5) is 25.0 Å². The lowest BCUT2D eigenvalue weighted by atomic mass is 9.91. The van der Waals surface area contributed by atoms with Crippen LogP contribution in [0.3, 0.4) is 0 Å². The van der Waals surface area contributed by atoms with Crippen LogP contribution >= 0.6 is 0 Å². The summed E-state index contributed by atoms with van der Waals surface area (Å²) in [5.41, 5.74) is 5.72. The van der Waals surface area contributed by atoms with E-state index in [1.165, 1.54) is 17.9 Å². The number of halogens is 2. The first-order chi connectivity index (χ1) is 13.8. The van der Waals surface area contributed by atoms with Crippen LogP contribution in [0.5, 0.6) is 0 Å². The molecule has 2 heterocycles. The number of nitrogens with zero attached hydrogens (tertiary/aromatic N) is 2. The highest BCUT2D eigenvalue weighted by Gasteiger charge is 2.34. The molecule has 2 fully saturated rings. The highest BCUT2D eigenvalue weighted by Crippen LogP contribution is 2.31. The monoisotopic (exact) mass is 410 g/mol. The van der Waals surface area contributed by atoms with Gasteiger partial charge in [-0.3, -0.25) is 14.5 Å². The number of cyclic esters (lactones) is 1. The van der Waals surface area contributed by atoms with Crippen molar-refractivity contribution in [2.24, 2.45) is 11.7 Å². The molecule has 0 saturated carbocycles. The van der Waals surface area contributed by atoms with Crippen molar-refractivity contribution in [2.45, 2.75) is 32.0 Å². The number of ether oxygens (including phenoxy) is 1. The average Bonchev–Trinajstić information content (AvgIpc) is 3.06. The highest BCUT2D eigenvalue weighted by atomic mass is 19.1. The topological polar surface area (TPSA) is 105 Å². The zero-order valence-electron chi connectivity index (χ0n) is 16.1. The number of alkyl halides is 1. The number of benzene rings is 1. The first kappa shape index (κ1) is 20.8. The number of piperidine rings is 1. The lowest BCUT2D eigenvalue weighted by molar-refractivity contribution is -0.124. The molecule has 0 aliphatic carbocycles. The second-order valence-corrected chi connectivity index (χ2v) is 7.32. The largest absolute Gasteiger partial charge is 0.442 e. The van der Waals surface area contributed by atoms with E-state index in [4.69, 9.17) is 10.5 Å². The van der Waals surface area contributed by atoms with Gasteiger partial charge in [-0.1, -0.05) is 0 Å². The normalized spacial score (nSPS) is 21.1. The van der Waals surface area contributed by atoms with Gasteiger partial charge in [-0.15, -0.1) is 0 Å². The molecule has 2 aliphatic heterocycles. The second kappa shape index (κ2) is 8.62. The van der Waals surface area contributed by atoms with E-state index < -0.39 is 36.0 Å². The Bertz CT molecular complexity index is 798. The Labute approximate surface area is 167 Å². The minimum Gasteiger partial charge on any atom is -0.442 e. The molecule has 3 N–H and O–H groups in total. The van der Waals surface area contributed by atoms with Crippen LogP contribution < -0.4 is 20.9 Å². The number of anilines is 2. The summed E-state index contributed by atoms with van der Waals surface area (Å²) in [6.45, 7) is 2.56. The van der Waals surface area contributed by atoms with E-state index in [0.717, 1.165) is 0 Å². The maximum Gasteiger partial charge on any atom is 0.414 e. The fourth-order valence-corrected chi connectivity index (χ4v) is 3.68. The number of carbonyl (C=O) groups excluding carboxylic acids is 3. The molecule has 1 aromatic carbocycles. The summed E-state index contributed by atoms with van der Waals surface area (Å²) in [7, 11) is 0. The summed E-state index contributed by atoms with van der Waals surface area (Å²) in [6.07, 6.45) is -2.00. The molecule has 0 radical (unpaired) electrons. The predicted octanol–water partition coefficient (Wildman–Crippen LogP) is 1.33. The van der Waals surface area contributed by atoms with Gasteiger partial charge in [0.2, 0.25) is 5.91 Å². The summed E-state index contributed by atoms with van der Waals surface area (Å²) >= 11 is 0. The number of hydrogen-bond acceptors (Lipinski definition) is 5. The van der Waals surface area contributed by atoms with Crippen molar-refractivity contribution in [3.8, 4) is 0 Å². The van der Waals surface area contributed by atoms with E-state index in [2.05, 4.69) is 5.32 Å². The Morgan fingerprint density at radius 2 is 2.03 bits per heavy atom. The molecule has 3 rings (SSSR count). The molecule has 0 unspecified atom stereocenters.